The van der Waals surface area contributed by atoms with Gasteiger partial charge in [-0.15, -0.1) is 0 Å². The Hall–Kier alpha value is -3.68. The maximum absolute atomic E-state index is 13.6. The summed E-state index contributed by atoms with van der Waals surface area (Å²) in [6.45, 7) is 0. The van der Waals surface area contributed by atoms with Crippen LogP contribution in [0.1, 0.15) is 15.9 Å². The number of rotatable bonds is 3. The summed E-state index contributed by atoms with van der Waals surface area (Å²) in [5.74, 6) is -0.368. The number of alkyl halides is 3. The van der Waals surface area contributed by atoms with Crippen molar-refractivity contribution < 1.29 is 18.0 Å². The van der Waals surface area contributed by atoms with Crippen molar-refractivity contribution in [3.63, 3.8) is 0 Å². The molecule has 0 N–H and O–H groups in total. The molecule has 1 amide bonds. The third kappa shape index (κ3) is 3.41. The highest BCUT2D eigenvalue weighted by Crippen LogP contribution is 2.37. The van der Waals surface area contributed by atoms with Crippen LogP contribution < -0.4 is 4.90 Å². The highest BCUT2D eigenvalue weighted by atomic mass is 19.4. The molecule has 0 unspecified atom stereocenters. The van der Waals surface area contributed by atoms with Gasteiger partial charge in [-0.3, -0.25) is 9.48 Å². The average Bonchev–Trinajstić information content (AvgIpc) is 3.13. The second kappa shape index (κ2) is 7.29. The molecule has 0 aliphatic carbocycles. The molecule has 152 valence electrons. The minimum absolute atomic E-state index is 0.0591. The summed E-state index contributed by atoms with van der Waals surface area (Å²) in [5.41, 5.74) is 0.372. The summed E-state index contributed by atoms with van der Waals surface area (Å²) in [5, 5.41) is 4.61. The molecule has 8 heteroatoms. The Kier molecular flexibility index (Phi) is 4.77. The van der Waals surface area contributed by atoms with Crippen LogP contribution in [0.3, 0.4) is 0 Å². The Balaban J connectivity index is 1.92. The van der Waals surface area contributed by atoms with Crippen LogP contribution in [0.2, 0.25) is 0 Å². The summed E-state index contributed by atoms with van der Waals surface area (Å²) in [4.78, 5) is 19.1. The monoisotopic (exact) mass is 410 g/mol. The Morgan fingerprint density at radius 2 is 1.70 bits per heavy atom. The maximum atomic E-state index is 13.6. The van der Waals surface area contributed by atoms with Gasteiger partial charge in [-0.25, -0.2) is 4.98 Å². The van der Waals surface area contributed by atoms with Crippen molar-refractivity contribution in [2.24, 2.45) is 7.05 Å². The number of carbonyl (C=O) groups is 1. The molecule has 0 spiro atoms. The summed E-state index contributed by atoms with van der Waals surface area (Å²) in [6, 6.07) is 15.6. The molecule has 2 heterocycles. The van der Waals surface area contributed by atoms with Crippen LogP contribution in [0.15, 0.2) is 66.9 Å². The number of aromatic nitrogens is 3. The van der Waals surface area contributed by atoms with Crippen molar-refractivity contribution in [1.82, 2.24) is 14.8 Å². The maximum Gasteiger partial charge on any atom is 0.417 e. The second-order valence-corrected chi connectivity index (χ2v) is 6.80. The van der Waals surface area contributed by atoms with E-state index in [9.17, 15) is 18.0 Å². The van der Waals surface area contributed by atoms with Gasteiger partial charge in [0.05, 0.1) is 28.4 Å². The smallest absolute Gasteiger partial charge is 0.311 e. The molecule has 0 saturated heterocycles. The van der Waals surface area contributed by atoms with E-state index in [1.807, 2.05) is 6.07 Å². The minimum atomic E-state index is -4.55. The van der Waals surface area contributed by atoms with E-state index in [1.54, 1.807) is 38.4 Å². The number of nitrogens with zero attached hydrogens (tertiary/aromatic N) is 4. The minimum Gasteiger partial charge on any atom is -0.311 e. The fraction of sp³-hybridized carbons (Fsp3) is 0.136. The Morgan fingerprint density at radius 3 is 2.40 bits per heavy atom. The normalized spacial score (nSPS) is 11.6. The Labute approximate surface area is 170 Å². The number of aryl methyl sites for hydroxylation is 1. The molecule has 5 nitrogen and oxygen atoms in total. The van der Waals surface area contributed by atoms with Crippen LogP contribution in [-0.2, 0) is 13.2 Å². The van der Waals surface area contributed by atoms with Crippen molar-refractivity contribution in [2.45, 2.75) is 6.18 Å². The molecular weight excluding hydrogens is 393 g/mol. The highest BCUT2D eigenvalue weighted by molar-refractivity contribution is 6.13. The lowest BCUT2D eigenvalue weighted by Gasteiger charge is -2.19. The number of para-hydroxylation sites is 1. The van der Waals surface area contributed by atoms with Crippen LogP contribution in [0, 0.1) is 0 Å². The summed E-state index contributed by atoms with van der Waals surface area (Å²) in [6.07, 6.45) is -3.06. The van der Waals surface area contributed by atoms with Crippen LogP contribution in [0.5, 0.6) is 0 Å². The Morgan fingerprint density at radius 1 is 1.03 bits per heavy atom. The summed E-state index contributed by atoms with van der Waals surface area (Å²) < 4.78 is 42.1. The van der Waals surface area contributed by atoms with Gasteiger partial charge in [0.2, 0.25) is 0 Å². The molecule has 0 aliphatic rings. The SMILES string of the molecule is CN(C(=O)c1cc(-c2ccccc2C(F)(F)F)nc2c1cnn2C)c1ccccc1. The number of benzene rings is 2. The van der Waals surface area contributed by atoms with E-state index >= 15 is 0 Å². The molecule has 0 radical (unpaired) electrons. The van der Waals surface area contributed by atoms with Crippen LogP contribution in [-0.4, -0.2) is 27.7 Å². The van der Waals surface area contributed by atoms with Gasteiger partial charge in [0.15, 0.2) is 5.65 Å². The fourth-order valence-electron chi connectivity index (χ4n) is 3.33. The van der Waals surface area contributed by atoms with Crippen molar-refractivity contribution in [3.8, 4) is 11.3 Å². The second-order valence-electron chi connectivity index (χ2n) is 6.80. The molecule has 0 fully saturated rings. The van der Waals surface area contributed by atoms with Gasteiger partial charge in [-0.05, 0) is 24.3 Å². The predicted octanol–water partition coefficient (Wildman–Crippen LogP) is 4.93. The Bertz CT molecular complexity index is 1230. The number of pyridine rings is 1. The van der Waals surface area contributed by atoms with E-state index in [-0.39, 0.29) is 22.7 Å². The largest absolute Gasteiger partial charge is 0.417 e. The number of anilines is 1. The van der Waals surface area contributed by atoms with E-state index in [0.717, 1.165) is 6.07 Å². The molecule has 2 aromatic heterocycles. The first kappa shape index (κ1) is 19.6. The number of carbonyl (C=O) groups excluding carboxylic acids is 1. The van der Waals surface area contributed by atoms with E-state index in [1.165, 1.54) is 40.0 Å². The van der Waals surface area contributed by atoms with E-state index in [2.05, 4.69) is 10.1 Å². The lowest BCUT2D eigenvalue weighted by Crippen LogP contribution is -2.26. The van der Waals surface area contributed by atoms with Crippen molar-refractivity contribution >= 4 is 22.6 Å². The zero-order valence-corrected chi connectivity index (χ0v) is 16.2. The first-order chi connectivity index (χ1) is 14.3. The van der Waals surface area contributed by atoms with Gasteiger partial charge in [-0.2, -0.15) is 18.3 Å². The number of amides is 1. The first-order valence-electron chi connectivity index (χ1n) is 9.10. The zero-order valence-electron chi connectivity index (χ0n) is 16.2. The van der Waals surface area contributed by atoms with E-state index in [0.29, 0.717) is 16.7 Å². The van der Waals surface area contributed by atoms with Crippen LogP contribution >= 0.6 is 0 Å². The highest BCUT2D eigenvalue weighted by Gasteiger charge is 2.34. The van der Waals surface area contributed by atoms with Crippen molar-refractivity contribution in [3.05, 3.63) is 78.0 Å². The molecule has 0 saturated carbocycles. The van der Waals surface area contributed by atoms with Gasteiger partial charge in [0.1, 0.15) is 0 Å². The molecule has 4 aromatic rings. The molecule has 2 aromatic carbocycles. The molecule has 0 aliphatic heterocycles. The van der Waals surface area contributed by atoms with E-state index in [4.69, 9.17) is 0 Å². The third-order valence-electron chi connectivity index (χ3n) is 4.89. The van der Waals surface area contributed by atoms with Gasteiger partial charge >= 0.3 is 6.18 Å². The zero-order chi connectivity index (χ0) is 21.5. The lowest BCUT2D eigenvalue weighted by atomic mass is 10.0. The predicted molar refractivity (Wildman–Crippen MR) is 108 cm³/mol. The standard InChI is InChI=1S/C22H17F3N4O/c1-28(14-8-4-3-5-9-14)21(30)16-12-19(27-20-17(16)13-26-29(20)2)15-10-6-7-11-18(15)22(23,24)25/h3-13H,1-2H3. The quantitative estimate of drug-likeness (QED) is 0.481. The van der Waals surface area contributed by atoms with Gasteiger partial charge < -0.3 is 4.90 Å². The first-order valence-corrected chi connectivity index (χ1v) is 9.10. The van der Waals surface area contributed by atoms with E-state index < -0.39 is 11.7 Å². The van der Waals surface area contributed by atoms with Crippen LogP contribution in [0.4, 0.5) is 18.9 Å². The average molecular weight is 410 g/mol. The third-order valence-corrected chi connectivity index (χ3v) is 4.89. The van der Waals surface area contributed by atoms with Gasteiger partial charge in [0.25, 0.3) is 5.91 Å². The number of fused-ring (bicyclic) bond motifs is 1. The van der Waals surface area contributed by atoms with Gasteiger partial charge in [-0.1, -0.05) is 36.4 Å². The molecule has 0 atom stereocenters. The molecule has 4 rings (SSSR count). The summed E-state index contributed by atoms with van der Waals surface area (Å²) in [7, 11) is 3.24. The number of hydrogen-bond acceptors (Lipinski definition) is 3. The fourth-order valence-corrected chi connectivity index (χ4v) is 3.33. The topological polar surface area (TPSA) is 51.0 Å². The van der Waals surface area contributed by atoms with Crippen LogP contribution in [0.25, 0.3) is 22.3 Å². The van der Waals surface area contributed by atoms with Gasteiger partial charge in [0, 0.05) is 25.3 Å². The summed E-state index contributed by atoms with van der Waals surface area (Å²) >= 11 is 0. The number of halogens is 3. The molecular formula is C22H17F3N4O. The molecule has 30 heavy (non-hydrogen) atoms. The lowest BCUT2D eigenvalue weighted by molar-refractivity contribution is -0.137. The van der Waals surface area contributed by atoms with Crippen molar-refractivity contribution in [2.75, 3.05) is 11.9 Å². The van der Waals surface area contributed by atoms with Crippen molar-refractivity contribution in [1.29, 1.82) is 0 Å². The number of hydrogen-bond donors (Lipinski definition) is 0. The molecule has 0 bridgehead atoms.